The standard InChI is InChI=1S/C23H24N4O5S/c1-13-7-9-17(33-13)21(30)25-12-3-2-11-24-15-6-4-5-14-19(15)23(32)27(22(14)31)16-8-10-18(28)26-20(16)29/h4-7,9,16,24H,2-3,8,10-12H2,1H3,(H,25,30)(H,26,28,29). The number of carbonyl (C=O) groups is 5. The summed E-state index contributed by atoms with van der Waals surface area (Å²) in [4.78, 5) is 64.3. The van der Waals surface area contributed by atoms with Crippen LogP contribution in [0.15, 0.2) is 30.3 Å². The maximum Gasteiger partial charge on any atom is 0.264 e. The second kappa shape index (κ2) is 9.53. The lowest BCUT2D eigenvalue weighted by Gasteiger charge is -2.27. The molecule has 3 N–H and O–H groups in total. The molecule has 2 aliphatic heterocycles. The van der Waals surface area contributed by atoms with Gasteiger partial charge in [0.2, 0.25) is 11.8 Å². The van der Waals surface area contributed by atoms with Gasteiger partial charge in [-0.25, -0.2) is 0 Å². The Balaban J connectivity index is 1.32. The summed E-state index contributed by atoms with van der Waals surface area (Å²) in [6.07, 6.45) is 1.69. The zero-order chi connectivity index (χ0) is 23.5. The Morgan fingerprint density at radius 3 is 2.61 bits per heavy atom. The number of aryl methyl sites for hydroxylation is 1. The molecule has 1 aromatic heterocycles. The van der Waals surface area contributed by atoms with Gasteiger partial charge >= 0.3 is 0 Å². The Bertz CT molecular complexity index is 1140. The number of anilines is 1. The van der Waals surface area contributed by atoms with E-state index in [2.05, 4.69) is 16.0 Å². The minimum atomic E-state index is -0.987. The molecule has 33 heavy (non-hydrogen) atoms. The van der Waals surface area contributed by atoms with Crippen molar-refractivity contribution in [1.82, 2.24) is 15.5 Å². The van der Waals surface area contributed by atoms with Crippen molar-refractivity contribution in [3.63, 3.8) is 0 Å². The molecule has 1 saturated heterocycles. The van der Waals surface area contributed by atoms with Crippen molar-refractivity contribution in [2.75, 3.05) is 18.4 Å². The number of hydrogen-bond donors (Lipinski definition) is 3. The van der Waals surface area contributed by atoms with Gasteiger partial charge in [-0.15, -0.1) is 11.3 Å². The van der Waals surface area contributed by atoms with E-state index in [0.29, 0.717) is 23.7 Å². The number of unbranched alkanes of at least 4 members (excludes halogenated alkanes) is 1. The number of hydrogen-bond acceptors (Lipinski definition) is 7. The molecule has 0 aliphatic carbocycles. The van der Waals surface area contributed by atoms with Crippen LogP contribution < -0.4 is 16.0 Å². The quantitative estimate of drug-likeness (QED) is 0.402. The van der Waals surface area contributed by atoms with Gasteiger partial charge in [-0.1, -0.05) is 6.07 Å². The third kappa shape index (κ3) is 4.65. The fourth-order valence-corrected chi connectivity index (χ4v) is 4.76. The van der Waals surface area contributed by atoms with Crippen LogP contribution in [-0.2, 0) is 9.59 Å². The lowest BCUT2D eigenvalue weighted by Crippen LogP contribution is -2.54. The first-order chi connectivity index (χ1) is 15.9. The van der Waals surface area contributed by atoms with Crippen molar-refractivity contribution >= 4 is 46.6 Å². The number of fused-ring (bicyclic) bond motifs is 1. The summed E-state index contributed by atoms with van der Waals surface area (Å²) in [5, 5.41) is 8.28. The Labute approximate surface area is 194 Å². The van der Waals surface area contributed by atoms with Crippen LogP contribution in [0.3, 0.4) is 0 Å². The van der Waals surface area contributed by atoms with Gasteiger partial charge in [-0.3, -0.25) is 34.2 Å². The third-order valence-corrected chi connectivity index (χ3v) is 6.64. The molecule has 2 aromatic rings. The van der Waals surface area contributed by atoms with Crippen molar-refractivity contribution in [3.05, 3.63) is 51.2 Å². The highest BCUT2D eigenvalue weighted by molar-refractivity contribution is 7.13. The van der Waals surface area contributed by atoms with Crippen molar-refractivity contribution in [3.8, 4) is 0 Å². The van der Waals surface area contributed by atoms with Crippen molar-refractivity contribution < 1.29 is 24.0 Å². The highest BCUT2D eigenvalue weighted by Gasteiger charge is 2.45. The molecule has 9 nitrogen and oxygen atoms in total. The van der Waals surface area contributed by atoms with Gasteiger partial charge in [0.25, 0.3) is 17.7 Å². The minimum Gasteiger partial charge on any atom is -0.384 e. The molecule has 172 valence electrons. The van der Waals surface area contributed by atoms with Crippen LogP contribution in [0.1, 0.15) is 60.9 Å². The number of rotatable bonds is 8. The normalized spacial score (nSPS) is 17.7. The Hall–Kier alpha value is -3.53. The SMILES string of the molecule is Cc1ccc(C(=O)NCCCCNc2cccc3c2C(=O)N(C2CCC(=O)NC2=O)C3=O)s1. The van der Waals surface area contributed by atoms with Crippen molar-refractivity contribution in [2.45, 2.75) is 38.6 Å². The summed E-state index contributed by atoms with van der Waals surface area (Å²) in [5.74, 6) is -2.18. The molecule has 1 aromatic carbocycles. The molecule has 5 amide bonds. The maximum atomic E-state index is 13.1. The predicted octanol–water partition coefficient (Wildman–Crippen LogP) is 2.08. The van der Waals surface area contributed by atoms with Crippen LogP contribution >= 0.6 is 11.3 Å². The van der Waals surface area contributed by atoms with Gasteiger partial charge in [0.15, 0.2) is 0 Å². The summed E-state index contributed by atoms with van der Waals surface area (Å²) in [7, 11) is 0. The second-order valence-electron chi connectivity index (χ2n) is 7.98. The van der Waals surface area contributed by atoms with Gasteiger partial charge in [-0.2, -0.15) is 0 Å². The first-order valence-corrected chi connectivity index (χ1v) is 11.6. The number of nitrogens with zero attached hydrogens (tertiary/aromatic N) is 1. The van der Waals surface area contributed by atoms with Crippen molar-refractivity contribution in [2.24, 2.45) is 0 Å². The van der Waals surface area contributed by atoms with Gasteiger partial charge in [0.1, 0.15) is 6.04 Å². The summed E-state index contributed by atoms with van der Waals surface area (Å²) in [6, 6.07) is 7.70. The average molecular weight is 469 g/mol. The number of benzene rings is 1. The lowest BCUT2D eigenvalue weighted by atomic mass is 10.0. The van der Waals surface area contributed by atoms with Gasteiger partial charge in [0.05, 0.1) is 16.0 Å². The molecule has 1 fully saturated rings. The van der Waals surface area contributed by atoms with E-state index < -0.39 is 29.7 Å². The van der Waals surface area contributed by atoms with Crippen LogP contribution in [-0.4, -0.2) is 53.6 Å². The third-order valence-electron chi connectivity index (χ3n) is 5.64. The zero-order valence-electron chi connectivity index (χ0n) is 18.1. The molecular formula is C23H24N4O5S. The number of amides is 5. The smallest absolute Gasteiger partial charge is 0.264 e. The van der Waals surface area contributed by atoms with Crippen molar-refractivity contribution in [1.29, 1.82) is 0 Å². The first kappa shape index (κ1) is 22.7. The number of carbonyl (C=O) groups excluding carboxylic acids is 5. The van der Waals surface area contributed by atoms with E-state index >= 15 is 0 Å². The number of piperidine rings is 1. The van der Waals surface area contributed by atoms with E-state index in [-0.39, 0.29) is 29.9 Å². The molecule has 0 spiro atoms. The monoisotopic (exact) mass is 468 g/mol. The number of imide groups is 2. The number of thiophene rings is 1. The van der Waals surface area contributed by atoms with Gasteiger partial charge < -0.3 is 10.6 Å². The first-order valence-electron chi connectivity index (χ1n) is 10.8. The van der Waals surface area contributed by atoms with Crippen LogP contribution in [0.4, 0.5) is 5.69 Å². The molecule has 10 heteroatoms. The average Bonchev–Trinajstić information content (AvgIpc) is 3.33. The largest absolute Gasteiger partial charge is 0.384 e. The molecule has 0 bridgehead atoms. The van der Waals surface area contributed by atoms with E-state index in [0.717, 1.165) is 22.6 Å². The van der Waals surface area contributed by atoms with Gasteiger partial charge in [-0.05, 0) is 50.5 Å². The maximum absolute atomic E-state index is 13.1. The Kier molecular flexibility index (Phi) is 6.55. The van der Waals surface area contributed by atoms with E-state index in [1.165, 1.54) is 11.3 Å². The van der Waals surface area contributed by atoms with Crippen LogP contribution in [0, 0.1) is 6.92 Å². The molecule has 4 rings (SSSR count). The number of nitrogens with one attached hydrogen (secondary N) is 3. The molecule has 0 radical (unpaired) electrons. The lowest BCUT2D eigenvalue weighted by molar-refractivity contribution is -0.136. The Morgan fingerprint density at radius 1 is 1.09 bits per heavy atom. The van der Waals surface area contributed by atoms with E-state index in [9.17, 15) is 24.0 Å². The Morgan fingerprint density at radius 2 is 1.88 bits per heavy atom. The van der Waals surface area contributed by atoms with Crippen LogP contribution in [0.2, 0.25) is 0 Å². The fourth-order valence-electron chi connectivity index (χ4n) is 3.98. The van der Waals surface area contributed by atoms with E-state index in [1.807, 2.05) is 19.1 Å². The van der Waals surface area contributed by atoms with Gasteiger partial charge in [0, 0.05) is 30.1 Å². The summed E-state index contributed by atoms with van der Waals surface area (Å²) < 4.78 is 0. The summed E-state index contributed by atoms with van der Waals surface area (Å²) in [6.45, 7) is 3.03. The molecular weight excluding hydrogens is 444 g/mol. The highest BCUT2D eigenvalue weighted by Crippen LogP contribution is 2.32. The zero-order valence-corrected chi connectivity index (χ0v) is 18.9. The van der Waals surface area contributed by atoms with E-state index in [1.54, 1.807) is 18.2 Å². The molecule has 2 aliphatic rings. The second-order valence-corrected chi connectivity index (χ2v) is 9.26. The van der Waals surface area contributed by atoms with Crippen LogP contribution in [0.25, 0.3) is 0 Å². The minimum absolute atomic E-state index is 0.0809. The molecule has 1 atom stereocenters. The predicted molar refractivity (Wildman–Crippen MR) is 122 cm³/mol. The molecule has 3 heterocycles. The fraction of sp³-hybridized carbons (Fsp3) is 0.348. The molecule has 1 unspecified atom stereocenters. The van der Waals surface area contributed by atoms with Crippen LogP contribution in [0.5, 0.6) is 0 Å². The summed E-state index contributed by atoms with van der Waals surface area (Å²) >= 11 is 1.45. The summed E-state index contributed by atoms with van der Waals surface area (Å²) in [5.41, 5.74) is 1.01. The molecule has 0 saturated carbocycles. The van der Waals surface area contributed by atoms with E-state index in [4.69, 9.17) is 0 Å². The topological polar surface area (TPSA) is 125 Å². The highest BCUT2D eigenvalue weighted by atomic mass is 32.1.